The normalized spacial score (nSPS) is 22.4. The molecule has 1 unspecified atom stereocenters. The molecule has 2 rings (SSSR count). The van der Waals surface area contributed by atoms with E-state index in [4.69, 9.17) is 0 Å². The number of hydrogen-bond acceptors (Lipinski definition) is 2. The lowest BCUT2D eigenvalue weighted by Crippen LogP contribution is -2.33. The van der Waals surface area contributed by atoms with Crippen molar-refractivity contribution in [3.8, 4) is 0 Å². The third kappa shape index (κ3) is 3.28. The summed E-state index contributed by atoms with van der Waals surface area (Å²) in [6, 6.07) is 3.79. The van der Waals surface area contributed by atoms with E-state index in [0.717, 1.165) is 12.8 Å². The van der Waals surface area contributed by atoms with Crippen LogP contribution in [0.4, 0.5) is 0 Å². The molecule has 0 aliphatic heterocycles. The minimum atomic E-state index is -0.00389. The molecule has 3 nitrogen and oxygen atoms in total. The number of nitrogens with one attached hydrogen (secondary N) is 1. The van der Waals surface area contributed by atoms with Gasteiger partial charge in [-0.05, 0) is 52.7 Å². The Kier molecular flexibility index (Phi) is 3.52. The minimum Gasteiger partial charge on any atom is -0.349 e. The molecule has 1 heterocycles. The average Bonchev–Trinajstić information content (AvgIpc) is 2.58. The topological polar surface area (TPSA) is 42.0 Å². The second kappa shape index (κ2) is 4.77. The molecule has 1 atom stereocenters. The molecule has 1 N–H and O–H groups in total. The van der Waals surface area contributed by atoms with Crippen LogP contribution in [-0.4, -0.2) is 16.9 Å². The van der Waals surface area contributed by atoms with Crippen molar-refractivity contribution in [3.05, 3.63) is 28.5 Å². The van der Waals surface area contributed by atoms with Gasteiger partial charge < -0.3 is 5.32 Å². The number of pyridine rings is 1. The van der Waals surface area contributed by atoms with Crippen molar-refractivity contribution in [2.45, 2.75) is 39.2 Å². The van der Waals surface area contributed by atoms with Crippen LogP contribution in [0.25, 0.3) is 0 Å². The highest BCUT2D eigenvalue weighted by atomic mass is 79.9. The standard InChI is InChI=1S/C13H17BrN2O/c1-13(2)5-3-10(8-13)16-12(17)9-4-6-15-11(14)7-9/h4,6-7,10H,3,5,8H2,1-2H3,(H,16,17). The Balaban J connectivity index is 1.98. The van der Waals surface area contributed by atoms with Crippen LogP contribution < -0.4 is 5.32 Å². The van der Waals surface area contributed by atoms with Crippen molar-refractivity contribution >= 4 is 21.8 Å². The van der Waals surface area contributed by atoms with Gasteiger partial charge >= 0.3 is 0 Å². The van der Waals surface area contributed by atoms with Gasteiger partial charge in [-0.15, -0.1) is 0 Å². The van der Waals surface area contributed by atoms with Gasteiger partial charge in [0.25, 0.3) is 5.91 Å². The third-order valence-corrected chi connectivity index (χ3v) is 3.73. The maximum atomic E-state index is 12.0. The van der Waals surface area contributed by atoms with E-state index in [1.165, 1.54) is 6.42 Å². The lowest BCUT2D eigenvalue weighted by Gasteiger charge is -2.17. The molecular weight excluding hydrogens is 280 g/mol. The SMILES string of the molecule is CC1(C)CCC(NC(=O)c2ccnc(Br)c2)C1. The van der Waals surface area contributed by atoms with Gasteiger partial charge in [0.15, 0.2) is 0 Å². The lowest BCUT2D eigenvalue weighted by molar-refractivity contribution is 0.0936. The summed E-state index contributed by atoms with van der Waals surface area (Å²) < 4.78 is 0.692. The fourth-order valence-corrected chi connectivity index (χ4v) is 2.74. The molecule has 1 aliphatic rings. The van der Waals surface area contributed by atoms with Gasteiger partial charge in [0, 0.05) is 17.8 Å². The highest BCUT2D eigenvalue weighted by Gasteiger charge is 2.31. The summed E-state index contributed by atoms with van der Waals surface area (Å²) in [4.78, 5) is 16.0. The van der Waals surface area contributed by atoms with Crippen LogP contribution in [0.3, 0.4) is 0 Å². The Hall–Kier alpha value is -0.900. The molecule has 0 radical (unpaired) electrons. The molecule has 1 amide bonds. The Morgan fingerprint density at radius 3 is 2.94 bits per heavy atom. The van der Waals surface area contributed by atoms with E-state index >= 15 is 0 Å². The van der Waals surface area contributed by atoms with Crippen molar-refractivity contribution in [1.29, 1.82) is 0 Å². The summed E-state index contributed by atoms with van der Waals surface area (Å²) in [6.45, 7) is 4.50. The van der Waals surface area contributed by atoms with E-state index < -0.39 is 0 Å². The molecule has 1 aliphatic carbocycles. The van der Waals surface area contributed by atoms with Gasteiger partial charge in [0.1, 0.15) is 4.60 Å². The van der Waals surface area contributed by atoms with Crippen molar-refractivity contribution in [2.75, 3.05) is 0 Å². The molecular formula is C13H17BrN2O. The quantitative estimate of drug-likeness (QED) is 0.852. The first-order valence-electron chi connectivity index (χ1n) is 5.89. The first-order chi connectivity index (χ1) is 7.96. The number of hydrogen-bond donors (Lipinski definition) is 1. The summed E-state index contributed by atoms with van der Waals surface area (Å²) in [6.07, 6.45) is 4.95. The zero-order chi connectivity index (χ0) is 12.5. The first-order valence-corrected chi connectivity index (χ1v) is 6.68. The van der Waals surface area contributed by atoms with Gasteiger partial charge in [0.05, 0.1) is 0 Å². The van der Waals surface area contributed by atoms with Crippen LogP contribution in [0, 0.1) is 5.41 Å². The van der Waals surface area contributed by atoms with Crippen molar-refractivity contribution in [1.82, 2.24) is 10.3 Å². The largest absolute Gasteiger partial charge is 0.349 e. The van der Waals surface area contributed by atoms with Crippen LogP contribution >= 0.6 is 15.9 Å². The van der Waals surface area contributed by atoms with Crippen LogP contribution in [-0.2, 0) is 0 Å². The molecule has 1 aromatic rings. The van der Waals surface area contributed by atoms with Crippen LogP contribution in [0.15, 0.2) is 22.9 Å². The molecule has 1 aromatic heterocycles. The molecule has 0 aromatic carbocycles. The van der Waals surface area contributed by atoms with Crippen molar-refractivity contribution in [2.24, 2.45) is 5.41 Å². The van der Waals surface area contributed by atoms with Crippen molar-refractivity contribution in [3.63, 3.8) is 0 Å². The highest BCUT2D eigenvalue weighted by molar-refractivity contribution is 9.10. The smallest absolute Gasteiger partial charge is 0.251 e. The number of carbonyl (C=O) groups excluding carboxylic acids is 1. The Morgan fingerprint density at radius 2 is 2.35 bits per heavy atom. The molecule has 1 saturated carbocycles. The van der Waals surface area contributed by atoms with E-state index in [0.29, 0.717) is 21.6 Å². The first kappa shape index (κ1) is 12.6. The second-order valence-electron chi connectivity index (χ2n) is 5.44. The molecule has 0 spiro atoms. The predicted octanol–water partition coefficient (Wildman–Crippen LogP) is 3.15. The number of aromatic nitrogens is 1. The van der Waals surface area contributed by atoms with E-state index in [1.807, 2.05) is 0 Å². The van der Waals surface area contributed by atoms with Gasteiger partial charge in [-0.1, -0.05) is 13.8 Å². The molecule has 1 fully saturated rings. The number of rotatable bonds is 2. The predicted molar refractivity (Wildman–Crippen MR) is 70.8 cm³/mol. The van der Waals surface area contributed by atoms with Gasteiger partial charge in [-0.25, -0.2) is 4.98 Å². The van der Waals surface area contributed by atoms with E-state index in [9.17, 15) is 4.79 Å². The number of nitrogens with zero attached hydrogens (tertiary/aromatic N) is 1. The fourth-order valence-electron chi connectivity index (χ4n) is 2.37. The summed E-state index contributed by atoms with van der Waals surface area (Å²) in [5.74, 6) is -0.00389. The number of halogens is 1. The molecule has 0 saturated heterocycles. The lowest BCUT2D eigenvalue weighted by atomic mass is 9.92. The second-order valence-corrected chi connectivity index (χ2v) is 6.26. The summed E-state index contributed by atoms with van der Waals surface area (Å²) in [5, 5.41) is 3.09. The van der Waals surface area contributed by atoms with E-state index in [-0.39, 0.29) is 5.91 Å². The minimum absolute atomic E-state index is 0.00389. The molecule has 0 bridgehead atoms. The Labute approximate surface area is 110 Å². The van der Waals surface area contributed by atoms with E-state index in [1.54, 1.807) is 18.3 Å². The van der Waals surface area contributed by atoms with Crippen molar-refractivity contribution < 1.29 is 4.79 Å². The van der Waals surface area contributed by atoms with Gasteiger partial charge in [0.2, 0.25) is 0 Å². The number of amides is 1. The fraction of sp³-hybridized carbons (Fsp3) is 0.538. The third-order valence-electron chi connectivity index (χ3n) is 3.29. The zero-order valence-electron chi connectivity index (χ0n) is 10.2. The zero-order valence-corrected chi connectivity index (χ0v) is 11.8. The number of carbonyl (C=O) groups is 1. The maximum Gasteiger partial charge on any atom is 0.251 e. The van der Waals surface area contributed by atoms with Gasteiger partial charge in [-0.2, -0.15) is 0 Å². The molecule has 4 heteroatoms. The summed E-state index contributed by atoms with van der Waals surface area (Å²) in [5.41, 5.74) is 1.02. The highest BCUT2D eigenvalue weighted by Crippen LogP contribution is 2.36. The Bertz CT molecular complexity index is 431. The maximum absolute atomic E-state index is 12.0. The van der Waals surface area contributed by atoms with E-state index in [2.05, 4.69) is 40.1 Å². The van der Waals surface area contributed by atoms with Crippen LogP contribution in [0.1, 0.15) is 43.5 Å². The van der Waals surface area contributed by atoms with Crippen LogP contribution in [0.5, 0.6) is 0 Å². The molecule has 92 valence electrons. The summed E-state index contributed by atoms with van der Waals surface area (Å²) in [7, 11) is 0. The van der Waals surface area contributed by atoms with Crippen LogP contribution in [0.2, 0.25) is 0 Å². The monoisotopic (exact) mass is 296 g/mol. The van der Waals surface area contributed by atoms with Gasteiger partial charge in [-0.3, -0.25) is 4.79 Å². The Morgan fingerprint density at radius 1 is 1.59 bits per heavy atom. The molecule has 17 heavy (non-hydrogen) atoms. The average molecular weight is 297 g/mol. The summed E-state index contributed by atoms with van der Waals surface area (Å²) >= 11 is 3.27.